The largest absolute Gasteiger partial charge is 0.397 e. The maximum Gasteiger partial charge on any atom is 0.133 e. The van der Waals surface area contributed by atoms with Crippen LogP contribution in [-0.4, -0.2) is 4.98 Å². The number of nitrogens with zero attached hydrogens (tertiary/aromatic N) is 1. The summed E-state index contributed by atoms with van der Waals surface area (Å²) in [6.07, 6.45) is 1.66. The summed E-state index contributed by atoms with van der Waals surface area (Å²) in [7, 11) is 0. The monoisotopic (exact) mass is 213 g/mol. The molecule has 1 heterocycles. The molecule has 0 saturated carbocycles. The quantitative estimate of drug-likeness (QED) is 0.806. The lowest BCUT2D eigenvalue weighted by Crippen LogP contribution is -1.99. The van der Waals surface area contributed by atoms with Crippen molar-refractivity contribution in [3.8, 4) is 0 Å². The number of nitrogens with two attached hydrogens (primary N) is 1. The van der Waals surface area contributed by atoms with Crippen molar-refractivity contribution in [1.82, 2.24) is 4.98 Å². The number of nitrogen functional groups attached to an aromatic ring is 1. The predicted octanol–water partition coefficient (Wildman–Crippen LogP) is 3.02. The number of rotatable bonds is 2. The molecule has 0 unspecified atom stereocenters. The van der Waals surface area contributed by atoms with Gasteiger partial charge in [0.05, 0.1) is 11.9 Å². The van der Waals surface area contributed by atoms with E-state index in [2.05, 4.69) is 23.3 Å². The van der Waals surface area contributed by atoms with Gasteiger partial charge in [0.25, 0.3) is 0 Å². The van der Waals surface area contributed by atoms with Crippen LogP contribution in [0.1, 0.15) is 11.1 Å². The number of nitrogens with one attached hydrogen (secondary N) is 1. The lowest BCUT2D eigenvalue weighted by atomic mass is 10.2. The highest BCUT2D eigenvalue weighted by Crippen LogP contribution is 2.21. The summed E-state index contributed by atoms with van der Waals surface area (Å²) in [5, 5.41) is 3.30. The molecule has 0 spiro atoms. The van der Waals surface area contributed by atoms with Crippen molar-refractivity contribution < 1.29 is 0 Å². The number of pyridine rings is 1. The van der Waals surface area contributed by atoms with Crippen molar-refractivity contribution in [3.63, 3.8) is 0 Å². The minimum Gasteiger partial charge on any atom is -0.397 e. The lowest BCUT2D eigenvalue weighted by Gasteiger charge is -2.10. The van der Waals surface area contributed by atoms with E-state index in [-0.39, 0.29) is 0 Å². The smallest absolute Gasteiger partial charge is 0.133 e. The third kappa shape index (κ3) is 2.14. The molecule has 0 aliphatic carbocycles. The van der Waals surface area contributed by atoms with E-state index in [0.29, 0.717) is 5.69 Å². The molecule has 1 aromatic carbocycles. The van der Waals surface area contributed by atoms with E-state index in [1.54, 1.807) is 6.20 Å². The summed E-state index contributed by atoms with van der Waals surface area (Å²) in [5.41, 5.74) is 9.66. The number of aromatic nitrogens is 1. The number of para-hydroxylation sites is 1. The molecule has 0 amide bonds. The van der Waals surface area contributed by atoms with Crippen LogP contribution in [0.15, 0.2) is 36.5 Å². The van der Waals surface area contributed by atoms with E-state index in [9.17, 15) is 0 Å². The van der Waals surface area contributed by atoms with E-state index in [0.717, 1.165) is 17.1 Å². The highest BCUT2D eigenvalue weighted by atomic mass is 15.0. The molecule has 0 atom stereocenters. The average Bonchev–Trinajstić information content (AvgIpc) is 2.25. The number of anilines is 3. The summed E-state index contributed by atoms with van der Waals surface area (Å²) in [4.78, 5) is 4.28. The first-order valence-corrected chi connectivity index (χ1v) is 5.21. The molecule has 1 aromatic heterocycles. The van der Waals surface area contributed by atoms with E-state index in [4.69, 9.17) is 5.73 Å². The van der Waals surface area contributed by atoms with Crippen molar-refractivity contribution in [2.24, 2.45) is 0 Å². The van der Waals surface area contributed by atoms with Gasteiger partial charge >= 0.3 is 0 Å². The Kier molecular flexibility index (Phi) is 2.77. The Balaban J connectivity index is 2.31. The molecule has 16 heavy (non-hydrogen) atoms. The average molecular weight is 213 g/mol. The first-order valence-electron chi connectivity index (χ1n) is 5.21. The zero-order valence-corrected chi connectivity index (χ0v) is 9.49. The first-order chi connectivity index (χ1) is 7.66. The van der Waals surface area contributed by atoms with Gasteiger partial charge in [-0.25, -0.2) is 4.98 Å². The highest BCUT2D eigenvalue weighted by molar-refractivity contribution is 5.63. The fourth-order valence-corrected chi connectivity index (χ4v) is 1.57. The zero-order valence-electron chi connectivity index (χ0n) is 9.49. The third-order valence-electron chi connectivity index (χ3n) is 2.50. The Labute approximate surface area is 95.3 Å². The molecule has 3 N–H and O–H groups in total. The van der Waals surface area contributed by atoms with Crippen LogP contribution in [0.2, 0.25) is 0 Å². The highest BCUT2D eigenvalue weighted by Gasteiger charge is 2.02. The zero-order chi connectivity index (χ0) is 11.5. The maximum atomic E-state index is 5.66. The molecule has 0 saturated heterocycles. The Morgan fingerprint density at radius 2 is 1.88 bits per heavy atom. The van der Waals surface area contributed by atoms with Crippen LogP contribution in [0.5, 0.6) is 0 Å². The molecule has 0 bridgehead atoms. The Morgan fingerprint density at radius 3 is 2.56 bits per heavy atom. The van der Waals surface area contributed by atoms with Crippen LogP contribution in [0, 0.1) is 13.8 Å². The predicted molar refractivity (Wildman–Crippen MR) is 67.8 cm³/mol. The molecular weight excluding hydrogens is 198 g/mol. The topological polar surface area (TPSA) is 50.9 Å². The van der Waals surface area contributed by atoms with Crippen LogP contribution >= 0.6 is 0 Å². The second-order valence-corrected chi connectivity index (χ2v) is 3.87. The van der Waals surface area contributed by atoms with Gasteiger partial charge in [-0.05, 0) is 37.1 Å². The van der Waals surface area contributed by atoms with Gasteiger partial charge in [0.2, 0.25) is 0 Å². The molecular formula is C13H15N3. The molecule has 2 aromatic rings. The van der Waals surface area contributed by atoms with E-state index >= 15 is 0 Å². The summed E-state index contributed by atoms with van der Waals surface area (Å²) in [6.45, 7) is 4.05. The molecule has 0 fully saturated rings. The summed E-state index contributed by atoms with van der Waals surface area (Å²) in [5.74, 6) is 0.850. The van der Waals surface area contributed by atoms with E-state index < -0.39 is 0 Å². The van der Waals surface area contributed by atoms with Gasteiger partial charge < -0.3 is 11.1 Å². The fourth-order valence-electron chi connectivity index (χ4n) is 1.57. The normalized spacial score (nSPS) is 10.1. The molecule has 3 nitrogen and oxygen atoms in total. The second-order valence-electron chi connectivity index (χ2n) is 3.87. The number of aryl methyl sites for hydroxylation is 2. The van der Waals surface area contributed by atoms with E-state index in [1.165, 1.54) is 5.56 Å². The molecule has 82 valence electrons. The Hall–Kier alpha value is -2.03. The Morgan fingerprint density at radius 1 is 1.12 bits per heavy atom. The molecule has 0 aliphatic heterocycles. The summed E-state index contributed by atoms with van der Waals surface area (Å²) in [6, 6.07) is 10.0. The third-order valence-corrected chi connectivity index (χ3v) is 2.50. The van der Waals surface area contributed by atoms with Crippen LogP contribution in [0.4, 0.5) is 17.2 Å². The maximum absolute atomic E-state index is 5.66. The van der Waals surface area contributed by atoms with Crippen molar-refractivity contribution in [2.45, 2.75) is 13.8 Å². The minimum atomic E-state index is 0.688. The van der Waals surface area contributed by atoms with Crippen LogP contribution in [0.3, 0.4) is 0 Å². The lowest BCUT2D eigenvalue weighted by molar-refractivity contribution is 1.25. The summed E-state index contributed by atoms with van der Waals surface area (Å²) < 4.78 is 0. The van der Waals surface area contributed by atoms with Gasteiger partial charge in [0.1, 0.15) is 5.82 Å². The van der Waals surface area contributed by atoms with Gasteiger partial charge in [-0.1, -0.05) is 18.2 Å². The van der Waals surface area contributed by atoms with Gasteiger partial charge in [-0.3, -0.25) is 0 Å². The fraction of sp³-hybridized carbons (Fsp3) is 0.154. The van der Waals surface area contributed by atoms with Crippen LogP contribution < -0.4 is 11.1 Å². The summed E-state index contributed by atoms with van der Waals surface area (Å²) >= 11 is 0. The molecule has 0 aliphatic rings. The molecule has 2 rings (SSSR count). The first kappa shape index (κ1) is 10.5. The molecule has 0 radical (unpaired) electrons. The van der Waals surface area contributed by atoms with Gasteiger partial charge in [0.15, 0.2) is 0 Å². The SMILES string of the molecule is Cc1ccccc1Nc1ncc(N)cc1C. The van der Waals surface area contributed by atoms with Crippen molar-refractivity contribution in [3.05, 3.63) is 47.7 Å². The second kappa shape index (κ2) is 4.23. The number of benzene rings is 1. The Bertz CT molecular complexity index is 506. The van der Waals surface area contributed by atoms with Crippen molar-refractivity contribution >= 4 is 17.2 Å². The van der Waals surface area contributed by atoms with Crippen molar-refractivity contribution in [1.29, 1.82) is 0 Å². The van der Waals surface area contributed by atoms with Gasteiger partial charge in [0, 0.05) is 5.69 Å². The number of hydrogen-bond donors (Lipinski definition) is 2. The van der Waals surface area contributed by atoms with Crippen molar-refractivity contribution in [2.75, 3.05) is 11.1 Å². The standard InChI is InChI=1S/C13H15N3/c1-9-5-3-4-6-12(9)16-13-10(2)7-11(14)8-15-13/h3-8H,14H2,1-2H3,(H,15,16). The number of hydrogen-bond acceptors (Lipinski definition) is 3. The van der Waals surface area contributed by atoms with Gasteiger partial charge in [-0.2, -0.15) is 0 Å². The van der Waals surface area contributed by atoms with E-state index in [1.807, 2.05) is 31.2 Å². The van der Waals surface area contributed by atoms with Crippen LogP contribution in [-0.2, 0) is 0 Å². The van der Waals surface area contributed by atoms with Crippen LogP contribution in [0.25, 0.3) is 0 Å². The van der Waals surface area contributed by atoms with Gasteiger partial charge in [-0.15, -0.1) is 0 Å². The molecule has 3 heteroatoms. The minimum absolute atomic E-state index is 0.688.